The molecule has 0 aromatic heterocycles. The van der Waals surface area contributed by atoms with Crippen molar-refractivity contribution in [3.05, 3.63) is 63.7 Å². The summed E-state index contributed by atoms with van der Waals surface area (Å²) in [4.78, 5) is 44.7. The molecule has 2 saturated heterocycles. The number of nitro groups is 1. The maximum atomic E-state index is 13.6. The fourth-order valence-corrected chi connectivity index (χ4v) is 5.31. The van der Waals surface area contributed by atoms with Crippen LogP contribution in [0.1, 0.15) is 32.1 Å². The molecule has 1 spiro atoms. The Balaban J connectivity index is 1.55. The maximum absolute atomic E-state index is 13.6. The van der Waals surface area contributed by atoms with E-state index in [1.165, 1.54) is 24.3 Å². The smallest absolute Gasteiger partial charge is 0.271 e. The van der Waals surface area contributed by atoms with Gasteiger partial charge in [-0.25, -0.2) is 9.96 Å². The van der Waals surface area contributed by atoms with Crippen molar-refractivity contribution in [1.29, 1.82) is 0 Å². The lowest BCUT2D eigenvalue weighted by molar-refractivity contribution is -0.384. The van der Waals surface area contributed by atoms with Gasteiger partial charge >= 0.3 is 0 Å². The molecule has 0 bridgehead atoms. The summed E-state index contributed by atoms with van der Waals surface area (Å²) >= 11 is 6.04. The quantitative estimate of drug-likeness (QED) is 0.401. The van der Waals surface area contributed by atoms with Crippen LogP contribution < -0.4 is 9.96 Å². The first-order valence-corrected chi connectivity index (χ1v) is 10.6. The number of halogens is 1. The van der Waals surface area contributed by atoms with E-state index in [9.17, 15) is 19.7 Å². The zero-order chi connectivity index (χ0) is 21.8. The lowest BCUT2D eigenvalue weighted by Crippen LogP contribution is -2.53. The number of non-ortho nitro benzene ring substituents is 1. The molecule has 2 aromatic rings. The lowest BCUT2D eigenvalue weighted by Gasteiger charge is -2.43. The Kier molecular flexibility index (Phi) is 4.71. The fraction of sp³-hybridized carbons (Fsp3) is 0.364. The van der Waals surface area contributed by atoms with Crippen molar-refractivity contribution in [3.8, 4) is 0 Å². The molecule has 160 valence electrons. The average molecular weight is 442 g/mol. The van der Waals surface area contributed by atoms with Crippen molar-refractivity contribution in [2.75, 3.05) is 9.96 Å². The van der Waals surface area contributed by atoms with Crippen molar-refractivity contribution >= 4 is 40.5 Å². The van der Waals surface area contributed by atoms with Gasteiger partial charge in [-0.3, -0.25) is 24.5 Å². The van der Waals surface area contributed by atoms with Gasteiger partial charge in [-0.05, 0) is 43.2 Å². The Labute approximate surface area is 183 Å². The molecule has 31 heavy (non-hydrogen) atoms. The molecule has 1 aliphatic carbocycles. The molecule has 2 aliphatic heterocycles. The number of nitrogens with zero attached hydrogens (tertiary/aromatic N) is 3. The second-order valence-corrected chi connectivity index (χ2v) is 8.66. The zero-order valence-electron chi connectivity index (χ0n) is 16.6. The van der Waals surface area contributed by atoms with E-state index in [1.54, 1.807) is 17.2 Å². The second kappa shape index (κ2) is 7.32. The van der Waals surface area contributed by atoms with E-state index in [0.717, 1.165) is 42.7 Å². The van der Waals surface area contributed by atoms with Crippen LogP contribution in [0.4, 0.5) is 17.1 Å². The molecule has 3 fully saturated rings. The van der Waals surface area contributed by atoms with Crippen LogP contribution in [-0.4, -0.2) is 28.4 Å². The maximum Gasteiger partial charge on any atom is 0.271 e. The minimum Gasteiger partial charge on any atom is -0.273 e. The van der Waals surface area contributed by atoms with Crippen LogP contribution in [0, 0.1) is 16.0 Å². The Bertz CT molecular complexity index is 1070. The van der Waals surface area contributed by atoms with Gasteiger partial charge in [-0.2, -0.15) is 0 Å². The monoisotopic (exact) mass is 441 g/mol. The van der Waals surface area contributed by atoms with Crippen molar-refractivity contribution in [3.63, 3.8) is 0 Å². The average Bonchev–Trinajstić information content (AvgIpc) is 3.22. The van der Waals surface area contributed by atoms with E-state index in [1.807, 2.05) is 12.1 Å². The molecular formula is C22H20ClN3O5. The molecule has 8 nitrogen and oxygen atoms in total. The summed E-state index contributed by atoms with van der Waals surface area (Å²) < 4.78 is 0. The summed E-state index contributed by atoms with van der Waals surface area (Å²) in [6.07, 6.45) is 3.39. The van der Waals surface area contributed by atoms with Gasteiger partial charge in [0, 0.05) is 17.2 Å². The van der Waals surface area contributed by atoms with E-state index in [4.69, 9.17) is 16.4 Å². The third-order valence-corrected chi connectivity index (χ3v) is 6.79. The Morgan fingerprint density at radius 2 is 1.71 bits per heavy atom. The first kappa shape index (κ1) is 20.0. The highest BCUT2D eigenvalue weighted by Crippen LogP contribution is 2.52. The van der Waals surface area contributed by atoms with Crippen LogP contribution >= 0.6 is 11.6 Å². The van der Waals surface area contributed by atoms with Gasteiger partial charge in [0.15, 0.2) is 6.10 Å². The zero-order valence-corrected chi connectivity index (χ0v) is 17.3. The molecule has 2 heterocycles. The van der Waals surface area contributed by atoms with Gasteiger partial charge in [0.25, 0.3) is 11.6 Å². The molecule has 2 atom stereocenters. The van der Waals surface area contributed by atoms with Gasteiger partial charge in [0.2, 0.25) is 5.91 Å². The summed E-state index contributed by atoms with van der Waals surface area (Å²) in [5.74, 6) is -1.53. The van der Waals surface area contributed by atoms with E-state index in [2.05, 4.69) is 0 Å². The Hall–Kier alpha value is -2.97. The standard InChI is InChI=1S/C22H20ClN3O5/c23-14-7-9-15(10-8-14)25-22(11-2-1-3-12-22)18-19(31-25)21(28)24(20(18)27)16-5-4-6-17(13-16)26(29)30/h4-10,13,18-19H,1-3,11-12H2/t18-,19+/m0/s1. The largest absolute Gasteiger partial charge is 0.273 e. The highest BCUT2D eigenvalue weighted by molar-refractivity contribution is 6.30. The number of fused-ring (bicyclic) bond motifs is 2. The van der Waals surface area contributed by atoms with Gasteiger partial charge in [0.05, 0.1) is 21.8 Å². The van der Waals surface area contributed by atoms with Crippen LogP contribution in [0.2, 0.25) is 5.02 Å². The topological polar surface area (TPSA) is 93.0 Å². The summed E-state index contributed by atoms with van der Waals surface area (Å²) in [7, 11) is 0. The number of anilines is 2. The number of carbonyl (C=O) groups excluding carboxylic acids is 2. The summed E-state index contributed by atoms with van der Waals surface area (Å²) in [5.41, 5.74) is 0.138. The molecule has 3 aliphatic rings. The van der Waals surface area contributed by atoms with E-state index in [-0.39, 0.29) is 17.3 Å². The second-order valence-electron chi connectivity index (χ2n) is 8.23. The summed E-state index contributed by atoms with van der Waals surface area (Å²) in [6, 6.07) is 12.7. The summed E-state index contributed by atoms with van der Waals surface area (Å²) in [6.45, 7) is 0. The minimum absolute atomic E-state index is 0.175. The fourth-order valence-electron chi connectivity index (χ4n) is 5.18. The third-order valence-electron chi connectivity index (χ3n) is 6.53. The van der Waals surface area contributed by atoms with Crippen molar-refractivity contribution in [2.45, 2.75) is 43.7 Å². The lowest BCUT2D eigenvalue weighted by atomic mass is 9.71. The molecule has 2 aromatic carbocycles. The van der Waals surface area contributed by atoms with Gasteiger partial charge in [-0.1, -0.05) is 36.9 Å². The number of nitro benzene ring substituents is 1. The van der Waals surface area contributed by atoms with Crippen LogP contribution in [-0.2, 0) is 14.4 Å². The van der Waals surface area contributed by atoms with Crippen molar-refractivity contribution in [2.24, 2.45) is 5.92 Å². The number of hydroxylamine groups is 1. The van der Waals surface area contributed by atoms with E-state index >= 15 is 0 Å². The summed E-state index contributed by atoms with van der Waals surface area (Å²) in [5, 5.41) is 13.5. The predicted octanol–water partition coefficient (Wildman–Crippen LogP) is 4.26. The first-order chi connectivity index (χ1) is 14.9. The van der Waals surface area contributed by atoms with Crippen LogP contribution in [0.15, 0.2) is 48.5 Å². The van der Waals surface area contributed by atoms with Crippen LogP contribution in [0.3, 0.4) is 0 Å². The number of benzene rings is 2. The number of carbonyl (C=O) groups is 2. The molecular weight excluding hydrogens is 422 g/mol. The molecule has 0 N–H and O–H groups in total. The first-order valence-electron chi connectivity index (χ1n) is 10.3. The molecule has 1 saturated carbocycles. The number of hydrogen-bond donors (Lipinski definition) is 0. The molecule has 5 rings (SSSR count). The van der Waals surface area contributed by atoms with Gasteiger partial charge in [-0.15, -0.1) is 0 Å². The highest BCUT2D eigenvalue weighted by Gasteiger charge is 2.67. The normalized spacial score (nSPS) is 24.7. The molecule has 2 amide bonds. The molecule has 0 unspecified atom stereocenters. The molecule has 0 radical (unpaired) electrons. The minimum atomic E-state index is -0.958. The van der Waals surface area contributed by atoms with E-state index in [0.29, 0.717) is 5.02 Å². The van der Waals surface area contributed by atoms with Crippen molar-refractivity contribution in [1.82, 2.24) is 0 Å². The third kappa shape index (κ3) is 3.01. The van der Waals surface area contributed by atoms with Gasteiger partial charge in [0.1, 0.15) is 5.92 Å². The Morgan fingerprint density at radius 1 is 1.00 bits per heavy atom. The molecule has 9 heteroatoms. The number of amides is 2. The predicted molar refractivity (Wildman–Crippen MR) is 114 cm³/mol. The van der Waals surface area contributed by atoms with Gasteiger partial charge < -0.3 is 0 Å². The number of imide groups is 1. The van der Waals surface area contributed by atoms with E-state index < -0.39 is 28.4 Å². The number of rotatable bonds is 3. The van der Waals surface area contributed by atoms with Crippen LogP contribution in [0.25, 0.3) is 0 Å². The number of hydrogen-bond acceptors (Lipinski definition) is 6. The SMILES string of the molecule is O=C1[C@@H]2[C@@H](ON(c3ccc(Cl)cc3)C23CCCCC3)C(=O)N1c1cccc([N+](=O)[O-])c1. The Morgan fingerprint density at radius 3 is 2.39 bits per heavy atom. The van der Waals surface area contributed by atoms with Crippen molar-refractivity contribution < 1.29 is 19.3 Å². The van der Waals surface area contributed by atoms with Crippen LogP contribution in [0.5, 0.6) is 0 Å². The highest BCUT2D eigenvalue weighted by atomic mass is 35.5.